The molecule has 1 aliphatic carbocycles. The van der Waals surface area contributed by atoms with Crippen LogP contribution in [0.3, 0.4) is 0 Å². The van der Waals surface area contributed by atoms with Crippen LogP contribution in [0, 0.1) is 5.92 Å². The Morgan fingerprint density at radius 2 is 2.42 bits per heavy atom. The molecule has 2 nitrogen and oxygen atoms in total. The third-order valence-corrected chi connectivity index (χ3v) is 2.53. The number of furan rings is 1. The van der Waals surface area contributed by atoms with Crippen LogP contribution in [0.15, 0.2) is 23.0 Å². The van der Waals surface area contributed by atoms with Crippen molar-refractivity contribution >= 4 is 0 Å². The Morgan fingerprint density at radius 1 is 1.67 bits per heavy atom. The predicted molar refractivity (Wildman–Crippen MR) is 45.6 cm³/mol. The number of hydrogen-bond acceptors (Lipinski definition) is 2. The summed E-state index contributed by atoms with van der Waals surface area (Å²) in [5, 5.41) is 10.0. The van der Waals surface area contributed by atoms with E-state index >= 15 is 0 Å². The molecule has 1 unspecified atom stereocenters. The molecule has 2 heteroatoms. The molecule has 0 bridgehead atoms. The molecule has 0 radical (unpaired) electrons. The second kappa shape index (κ2) is 2.63. The maximum absolute atomic E-state index is 10.0. The molecule has 1 saturated carbocycles. The first kappa shape index (κ1) is 7.87. The fraction of sp³-hybridized carbons (Fsp3) is 0.600. The van der Waals surface area contributed by atoms with Crippen molar-refractivity contribution in [3.05, 3.63) is 24.2 Å². The number of rotatable bonds is 3. The average molecular weight is 166 g/mol. The van der Waals surface area contributed by atoms with Crippen molar-refractivity contribution < 1.29 is 9.52 Å². The Hall–Kier alpha value is -0.760. The summed E-state index contributed by atoms with van der Waals surface area (Å²) in [5.41, 5.74) is 0.211. The molecule has 0 spiro atoms. The number of hydrogen-bond donors (Lipinski definition) is 1. The second-order valence-electron chi connectivity index (χ2n) is 3.93. The van der Waals surface area contributed by atoms with Crippen LogP contribution >= 0.6 is 0 Å². The van der Waals surface area contributed by atoms with Crippen LogP contribution in [0.4, 0.5) is 0 Å². The average Bonchev–Trinajstić information content (AvgIpc) is 2.67. The molecule has 0 aromatic carbocycles. The predicted octanol–water partition coefficient (Wildman–Crippen LogP) is 2.29. The summed E-state index contributed by atoms with van der Waals surface area (Å²) in [7, 11) is 0. The van der Waals surface area contributed by atoms with Crippen LogP contribution in [-0.4, -0.2) is 5.11 Å². The summed E-state index contributed by atoms with van der Waals surface area (Å²) in [4.78, 5) is 0. The fourth-order valence-corrected chi connectivity index (χ4v) is 1.57. The third-order valence-electron chi connectivity index (χ3n) is 2.53. The van der Waals surface area contributed by atoms with E-state index in [9.17, 15) is 5.11 Å². The first-order valence-corrected chi connectivity index (χ1v) is 4.43. The summed E-state index contributed by atoms with van der Waals surface area (Å²) < 4.78 is 4.94. The van der Waals surface area contributed by atoms with Gasteiger partial charge >= 0.3 is 0 Å². The molecule has 0 aliphatic heterocycles. The molecule has 1 heterocycles. The van der Waals surface area contributed by atoms with Crippen LogP contribution in [0.5, 0.6) is 0 Å². The first-order valence-electron chi connectivity index (χ1n) is 4.43. The topological polar surface area (TPSA) is 33.4 Å². The molecule has 2 rings (SSSR count). The van der Waals surface area contributed by atoms with Gasteiger partial charge in [0.1, 0.15) is 0 Å². The van der Waals surface area contributed by atoms with Crippen molar-refractivity contribution in [3.63, 3.8) is 0 Å². The molecule has 1 aromatic rings. The molecule has 1 fully saturated rings. The van der Waals surface area contributed by atoms with Crippen molar-refractivity contribution in [1.82, 2.24) is 0 Å². The Labute approximate surface area is 72.2 Å². The molecule has 12 heavy (non-hydrogen) atoms. The van der Waals surface area contributed by atoms with Gasteiger partial charge in [-0.1, -0.05) is 12.8 Å². The van der Waals surface area contributed by atoms with Gasteiger partial charge in [0, 0.05) is 5.56 Å². The van der Waals surface area contributed by atoms with Gasteiger partial charge < -0.3 is 9.52 Å². The zero-order valence-electron chi connectivity index (χ0n) is 7.29. The maximum atomic E-state index is 10.0. The van der Waals surface area contributed by atoms with Crippen LogP contribution in [0.2, 0.25) is 0 Å². The smallest absolute Gasteiger partial charge is 0.0963 e. The molecule has 0 amide bonds. The van der Waals surface area contributed by atoms with Crippen LogP contribution in [0.25, 0.3) is 0 Å². The van der Waals surface area contributed by atoms with Crippen molar-refractivity contribution in [1.29, 1.82) is 0 Å². The monoisotopic (exact) mass is 166 g/mol. The highest BCUT2D eigenvalue weighted by Gasteiger charge is 2.33. The molecular formula is C10H14O2. The minimum Gasteiger partial charge on any atom is -0.472 e. The Kier molecular flexibility index (Phi) is 1.72. The Morgan fingerprint density at radius 3 is 2.92 bits per heavy atom. The fourth-order valence-electron chi connectivity index (χ4n) is 1.57. The molecule has 1 N–H and O–H groups in total. The molecule has 66 valence electrons. The molecule has 0 saturated heterocycles. The summed E-state index contributed by atoms with van der Waals surface area (Å²) in [6.45, 7) is 1.86. The molecule has 1 aliphatic rings. The van der Waals surface area contributed by atoms with E-state index in [0.29, 0.717) is 0 Å². The summed E-state index contributed by atoms with van der Waals surface area (Å²) >= 11 is 0. The highest BCUT2D eigenvalue weighted by atomic mass is 16.3. The van der Waals surface area contributed by atoms with E-state index in [1.54, 1.807) is 12.5 Å². The summed E-state index contributed by atoms with van der Waals surface area (Å²) in [6, 6.07) is 1.84. The largest absolute Gasteiger partial charge is 0.472 e. The van der Waals surface area contributed by atoms with E-state index < -0.39 is 5.60 Å². The third kappa shape index (κ3) is 1.53. The standard InChI is InChI=1S/C10H14O2/c1-10(11,6-8-2-3-8)9-4-5-12-7-9/h4-5,7-8,11H,2-3,6H2,1H3. The Bertz CT molecular complexity index is 245. The van der Waals surface area contributed by atoms with E-state index in [-0.39, 0.29) is 0 Å². The van der Waals surface area contributed by atoms with Gasteiger partial charge in [-0.15, -0.1) is 0 Å². The van der Waals surface area contributed by atoms with Gasteiger partial charge in [-0.05, 0) is 25.3 Å². The van der Waals surface area contributed by atoms with Crippen LogP contribution in [-0.2, 0) is 5.60 Å². The van der Waals surface area contributed by atoms with Gasteiger partial charge in [-0.3, -0.25) is 0 Å². The van der Waals surface area contributed by atoms with Crippen molar-refractivity contribution in [2.75, 3.05) is 0 Å². The van der Waals surface area contributed by atoms with Gasteiger partial charge in [-0.2, -0.15) is 0 Å². The van der Waals surface area contributed by atoms with E-state index in [0.717, 1.165) is 17.9 Å². The minimum absolute atomic E-state index is 0.686. The van der Waals surface area contributed by atoms with Crippen molar-refractivity contribution in [3.8, 4) is 0 Å². The lowest BCUT2D eigenvalue weighted by Gasteiger charge is -2.21. The van der Waals surface area contributed by atoms with Gasteiger partial charge in [0.2, 0.25) is 0 Å². The lowest BCUT2D eigenvalue weighted by Crippen LogP contribution is -2.20. The molecule has 1 aromatic heterocycles. The maximum Gasteiger partial charge on any atom is 0.0963 e. The van der Waals surface area contributed by atoms with Crippen molar-refractivity contribution in [2.45, 2.75) is 31.8 Å². The van der Waals surface area contributed by atoms with Gasteiger partial charge in [0.05, 0.1) is 18.1 Å². The summed E-state index contributed by atoms with van der Waals surface area (Å²) in [6.07, 6.45) is 6.65. The zero-order chi connectivity index (χ0) is 8.60. The number of aliphatic hydroxyl groups is 1. The summed E-state index contributed by atoms with van der Waals surface area (Å²) in [5.74, 6) is 0.731. The zero-order valence-corrected chi connectivity index (χ0v) is 7.29. The Balaban J connectivity index is 2.08. The van der Waals surface area contributed by atoms with Crippen LogP contribution in [0.1, 0.15) is 31.7 Å². The van der Waals surface area contributed by atoms with Gasteiger partial charge in [-0.25, -0.2) is 0 Å². The molecular weight excluding hydrogens is 152 g/mol. The van der Waals surface area contributed by atoms with Gasteiger partial charge in [0.15, 0.2) is 0 Å². The van der Waals surface area contributed by atoms with Crippen molar-refractivity contribution in [2.24, 2.45) is 5.92 Å². The second-order valence-corrected chi connectivity index (χ2v) is 3.93. The molecule has 1 atom stereocenters. The first-order chi connectivity index (χ1) is 5.68. The van der Waals surface area contributed by atoms with E-state index in [1.165, 1.54) is 12.8 Å². The van der Waals surface area contributed by atoms with E-state index in [4.69, 9.17) is 4.42 Å². The minimum atomic E-state index is -0.686. The quantitative estimate of drug-likeness (QED) is 0.747. The highest BCUT2D eigenvalue weighted by molar-refractivity contribution is 5.15. The highest BCUT2D eigenvalue weighted by Crippen LogP contribution is 2.40. The van der Waals surface area contributed by atoms with Crippen LogP contribution < -0.4 is 0 Å². The normalized spacial score (nSPS) is 22.2. The SMILES string of the molecule is CC(O)(CC1CC1)c1ccoc1. The lowest BCUT2D eigenvalue weighted by molar-refractivity contribution is 0.0412. The van der Waals surface area contributed by atoms with E-state index in [2.05, 4.69) is 0 Å². The van der Waals surface area contributed by atoms with E-state index in [1.807, 2.05) is 13.0 Å². The van der Waals surface area contributed by atoms with Gasteiger partial charge in [0.25, 0.3) is 0 Å². The lowest BCUT2D eigenvalue weighted by atomic mass is 9.93.